The highest BCUT2D eigenvalue weighted by Gasteiger charge is 2.48. The molecule has 20 heavy (non-hydrogen) atoms. The Kier molecular flexibility index (Phi) is 4.20. The maximum atomic E-state index is 12.0. The molecule has 108 valence electrons. The van der Waals surface area contributed by atoms with Crippen molar-refractivity contribution in [1.29, 1.82) is 0 Å². The maximum absolute atomic E-state index is 12.0. The van der Waals surface area contributed by atoms with Crippen molar-refractivity contribution in [2.45, 2.75) is 17.3 Å². The SMILES string of the molecule is COC(=O)C1(Cc2ccc(O)cc2)N[C@H](C(=O)O)CS1. The summed E-state index contributed by atoms with van der Waals surface area (Å²) in [7, 11) is 1.28. The van der Waals surface area contributed by atoms with E-state index in [9.17, 15) is 14.7 Å². The van der Waals surface area contributed by atoms with Gasteiger partial charge in [-0.3, -0.25) is 10.1 Å². The molecule has 0 saturated carbocycles. The number of aliphatic carboxylic acids is 1. The number of carbonyl (C=O) groups excluding carboxylic acids is 1. The van der Waals surface area contributed by atoms with Crippen LogP contribution in [0.3, 0.4) is 0 Å². The Labute approximate surface area is 120 Å². The van der Waals surface area contributed by atoms with Gasteiger partial charge >= 0.3 is 11.9 Å². The molecule has 0 aliphatic carbocycles. The summed E-state index contributed by atoms with van der Waals surface area (Å²) < 4.78 is 4.80. The van der Waals surface area contributed by atoms with Gasteiger partial charge in [-0.05, 0) is 17.7 Å². The molecule has 1 aliphatic rings. The minimum atomic E-state index is -1.10. The van der Waals surface area contributed by atoms with Gasteiger partial charge in [-0.1, -0.05) is 12.1 Å². The third-order valence-corrected chi connectivity index (χ3v) is 4.53. The lowest BCUT2D eigenvalue weighted by Gasteiger charge is -2.26. The van der Waals surface area contributed by atoms with E-state index in [-0.39, 0.29) is 12.2 Å². The second-order valence-corrected chi connectivity index (χ2v) is 5.83. The number of methoxy groups -OCH3 is 1. The fourth-order valence-corrected chi connectivity index (χ4v) is 3.45. The minimum absolute atomic E-state index is 0.135. The number of rotatable bonds is 4. The number of hydrogen-bond acceptors (Lipinski definition) is 6. The molecule has 1 aromatic carbocycles. The number of benzene rings is 1. The average molecular weight is 297 g/mol. The van der Waals surface area contributed by atoms with Crippen molar-refractivity contribution in [2.75, 3.05) is 12.9 Å². The van der Waals surface area contributed by atoms with Gasteiger partial charge in [0, 0.05) is 12.2 Å². The van der Waals surface area contributed by atoms with Gasteiger partial charge in [0.25, 0.3) is 0 Å². The van der Waals surface area contributed by atoms with Crippen LogP contribution in [0.15, 0.2) is 24.3 Å². The van der Waals surface area contributed by atoms with Gasteiger partial charge in [0.1, 0.15) is 11.8 Å². The predicted octanol–water partition coefficient (Wildman–Crippen LogP) is 0.594. The smallest absolute Gasteiger partial charge is 0.336 e. The van der Waals surface area contributed by atoms with E-state index in [2.05, 4.69) is 5.32 Å². The number of nitrogens with one attached hydrogen (secondary N) is 1. The summed E-state index contributed by atoms with van der Waals surface area (Å²) in [6, 6.07) is 5.65. The Balaban J connectivity index is 2.23. The van der Waals surface area contributed by atoms with Crippen LogP contribution in [-0.4, -0.2) is 45.9 Å². The van der Waals surface area contributed by atoms with E-state index in [0.717, 1.165) is 5.56 Å². The van der Waals surface area contributed by atoms with Crippen LogP contribution in [0.2, 0.25) is 0 Å². The lowest BCUT2D eigenvalue weighted by molar-refractivity contribution is -0.145. The van der Waals surface area contributed by atoms with Crippen LogP contribution in [0.4, 0.5) is 0 Å². The maximum Gasteiger partial charge on any atom is 0.336 e. The minimum Gasteiger partial charge on any atom is -0.508 e. The highest BCUT2D eigenvalue weighted by atomic mass is 32.2. The molecule has 0 amide bonds. The first-order valence-corrected chi connectivity index (χ1v) is 6.96. The Hall–Kier alpha value is -1.73. The molecule has 1 aliphatic heterocycles. The van der Waals surface area contributed by atoms with E-state index >= 15 is 0 Å². The van der Waals surface area contributed by atoms with Crippen LogP contribution >= 0.6 is 11.8 Å². The van der Waals surface area contributed by atoms with Crippen LogP contribution in [0.1, 0.15) is 5.56 Å². The van der Waals surface area contributed by atoms with Gasteiger partial charge in [0.05, 0.1) is 7.11 Å². The van der Waals surface area contributed by atoms with E-state index in [1.165, 1.54) is 31.0 Å². The zero-order valence-electron chi connectivity index (χ0n) is 10.8. The zero-order valence-corrected chi connectivity index (χ0v) is 11.6. The molecular weight excluding hydrogens is 282 g/mol. The number of carbonyl (C=O) groups is 2. The largest absolute Gasteiger partial charge is 0.508 e. The lowest BCUT2D eigenvalue weighted by atomic mass is 10.0. The lowest BCUT2D eigenvalue weighted by Crippen LogP contribution is -2.52. The third-order valence-electron chi connectivity index (χ3n) is 3.11. The summed E-state index contributed by atoms with van der Waals surface area (Å²) in [6.07, 6.45) is 0.286. The molecule has 1 aromatic rings. The van der Waals surface area contributed by atoms with Crippen LogP contribution in [0.25, 0.3) is 0 Å². The van der Waals surface area contributed by atoms with Crippen LogP contribution in [0.5, 0.6) is 5.75 Å². The van der Waals surface area contributed by atoms with E-state index in [0.29, 0.717) is 5.75 Å². The zero-order chi connectivity index (χ0) is 14.8. The normalized spacial score (nSPS) is 25.4. The van der Waals surface area contributed by atoms with E-state index in [1.54, 1.807) is 12.1 Å². The molecule has 3 N–H and O–H groups in total. The van der Waals surface area contributed by atoms with Crippen molar-refractivity contribution in [3.63, 3.8) is 0 Å². The Morgan fingerprint density at radius 2 is 2.10 bits per heavy atom. The number of carboxylic acid groups (broad SMARTS) is 1. The predicted molar refractivity (Wildman–Crippen MR) is 73.6 cm³/mol. The molecule has 7 heteroatoms. The molecule has 1 saturated heterocycles. The Bertz CT molecular complexity index is 518. The van der Waals surface area contributed by atoms with Crippen molar-refractivity contribution in [3.05, 3.63) is 29.8 Å². The molecule has 0 bridgehead atoms. The monoisotopic (exact) mass is 297 g/mol. The summed E-state index contributed by atoms with van der Waals surface area (Å²) in [5.74, 6) is -1.06. The number of aromatic hydroxyl groups is 1. The second-order valence-electron chi connectivity index (χ2n) is 4.51. The quantitative estimate of drug-likeness (QED) is 0.700. The summed E-state index contributed by atoms with van der Waals surface area (Å²) in [5.41, 5.74) is 0.805. The summed E-state index contributed by atoms with van der Waals surface area (Å²) in [5, 5.41) is 21.1. The molecule has 1 unspecified atom stereocenters. The van der Waals surface area contributed by atoms with Gasteiger partial charge in [0.2, 0.25) is 0 Å². The standard InChI is InChI=1S/C13H15NO5S/c1-19-12(18)13(14-10(7-20-13)11(16)17)6-8-2-4-9(15)5-3-8/h2-5,10,14-15H,6-7H2,1H3,(H,16,17)/t10-,13?/m0/s1. The average Bonchev–Trinajstić information content (AvgIpc) is 2.86. The van der Waals surface area contributed by atoms with Gasteiger partial charge in [-0.25, -0.2) is 4.79 Å². The number of phenolic OH excluding ortho intramolecular Hbond substituents is 1. The van der Waals surface area contributed by atoms with Crippen LogP contribution in [-0.2, 0) is 20.7 Å². The molecule has 0 radical (unpaired) electrons. The molecule has 2 rings (SSSR count). The molecule has 0 spiro atoms. The third kappa shape index (κ3) is 2.88. The van der Waals surface area contributed by atoms with E-state index in [1.807, 2.05) is 0 Å². The number of phenols is 1. The molecule has 1 heterocycles. The second kappa shape index (κ2) is 5.72. The summed E-state index contributed by atoms with van der Waals surface area (Å²) >= 11 is 1.23. The van der Waals surface area contributed by atoms with Gasteiger partial charge in [0.15, 0.2) is 4.87 Å². The van der Waals surface area contributed by atoms with Crippen LogP contribution in [0, 0.1) is 0 Å². The number of esters is 1. The summed E-state index contributed by atoms with van der Waals surface area (Å²) in [6.45, 7) is 0. The first kappa shape index (κ1) is 14.7. The fourth-order valence-electron chi connectivity index (χ4n) is 2.08. The van der Waals surface area contributed by atoms with Gasteiger partial charge in [-0.2, -0.15) is 0 Å². The Morgan fingerprint density at radius 3 is 2.60 bits per heavy atom. The number of carboxylic acids is 1. The van der Waals surface area contributed by atoms with Crippen molar-refractivity contribution < 1.29 is 24.5 Å². The topological polar surface area (TPSA) is 95.9 Å². The molecular formula is C13H15NO5S. The number of thioether (sulfide) groups is 1. The van der Waals surface area contributed by atoms with Crippen molar-refractivity contribution in [3.8, 4) is 5.75 Å². The highest BCUT2D eigenvalue weighted by molar-refractivity contribution is 8.01. The van der Waals surface area contributed by atoms with E-state index < -0.39 is 22.9 Å². The van der Waals surface area contributed by atoms with Gasteiger partial charge in [-0.15, -0.1) is 11.8 Å². The molecule has 6 nitrogen and oxygen atoms in total. The van der Waals surface area contributed by atoms with Crippen molar-refractivity contribution >= 4 is 23.7 Å². The van der Waals surface area contributed by atoms with E-state index in [4.69, 9.17) is 9.84 Å². The summed E-state index contributed by atoms with van der Waals surface area (Å²) in [4.78, 5) is 22.0. The number of hydrogen-bond donors (Lipinski definition) is 3. The Morgan fingerprint density at radius 1 is 1.45 bits per heavy atom. The van der Waals surface area contributed by atoms with Crippen molar-refractivity contribution in [2.24, 2.45) is 0 Å². The van der Waals surface area contributed by atoms with Gasteiger partial charge < -0.3 is 14.9 Å². The molecule has 1 fully saturated rings. The van der Waals surface area contributed by atoms with Crippen molar-refractivity contribution in [1.82, 2.24) is 5.32 Å². The first-order valence-electron chi connectivity index (χ1n) is 5.97. The number of ether oxygens (including phenoxy) is 1. The van der Waals surface area contributed by atoms with Crippen LogP contribution < -0.4 is 5.32 Å². The fraction of sp³-hybridized carbons (Fsp3) is 0.385. The first-order chi connectivity index (χ1) is 9.47. The highest BCUT2D eigenvalue weighted by Crippen LogP contribution is 2.35. The molecule has 0 aromatic heterocycles. The molecule has 2 atom stereocenters.